The molecule has 6 heterocycles. The predicted octanol–water partition coefficient (Wildman–Crippen LogP) is 3.27. The number of imide groups is 1. The number of fused-ring (bicyclic) bond motifs is 1. The van der Waals surface area contributed by atoms with Gasteiger partial charge in [0.05, 0.1) is 34.7 Å². The summed E-state index contributed by atoms with van der Waals surface area (Å²) in [4.78, 5) is 60.2. The largest absolute Gasteiger partial charge is 0.371 e. The van der Waals surface area contributed by atoms with Crippen LogP contribution in [0.1, 0.15) is 84.7 Å². The number of nitrogens with one attached hydrogen (secondary N) is 3. The molecule has 2 aromatic carbocycles. The Morgan fingerprint density at radius 2 is 1.68 bits per heavy atom. The Morgan fingerprint density at radius 3 is 2.39 bits per heavy atom. The Morgan fingerprint density at radius 1 is 0.893 bits per heavy atom. The van der Waals surface area contributed by atoms with Crippen LogP contribution in [-0.4, -0.2) is 105 Å². The van der Waals surface area contributed by atoms with Crippen LogP contribution in [0, 0.1) is 11.7 Å². The number of halogens is 1. The Hall–Kier alpha value is -5.71. The van der Waals surface area contributed by atoms with Gasteiger partial charge in [-0.1, -0.05) is 0 Å². The zero-order valence-electron chi connectivity index (χ0n) is 31.3. The molecule has 8 rings (SSSR count). The summed E-state index contributed by atoms with van der Waals surface area (Å²) in [6.45, 7) is 6.40. The van der Waals surface area contributed by atoms with E-state index in [-0.39, 0.29) is 42.0 Å². The molecular weight excluding hydrogens is 720 g/mol. The second-order valence-corrected chi connectivity index (χ2v) is 15.3. The summed E-state index contributed by atoms with van der Waals surface area (Å²) in [5.41, 5.74) is 8.83. The molecule has 17 heteroatoms. The van der Waals surface area contributed by atoms with Gasteiger partial charge in [-0.15, -0.1) is 10.2 Å². The summed E-state index contributed by atoms with van der Waals surface area (Å²) < 4.78 is 17.2. The molecule has 4 aliphatic heterocycles. The fourth-order valence-electron chi connectivity index (χ4n) is 8.40. The molecule has 0 spiro atoms. The van der Waals surface area contributed by atoms with Crippen LogP contribution in [0.4, 0.5) is 27.4 Å². The summed E-state index contributed by atoms with van der Waals surface area (Å²) >= 11 is 0. The number of rotatable bonds is 9. The molecule has 2 aromatic heterocycles. The molecule has 0 unspecified atom stereocenters. The number of carbonyl (C=O) groups excluding carboxylic acids is 4. The molecular formula is C39H47FN12O4. The van der Waals surface area contributed by atoms with Crippen LogP contribution < -0.4 is 31.5 Å². The number of carbonyl (C=O) groups is 4. The van der Waals surface area contributed by atoms with Crippen molar-refractivity contribution in [3.8, 4) is 0 Å². The Bertz CT molecular complexity index is 2100. The summed E-state index contributed by atoms with van der Waals surface area (Å²) in [5, 5.41) is 21.4. The molecule has 0 radical (unpaired) electrons. The van der Waals surface area contributed by atoms with Gasteiger partial charge in [0, 0.05) is 69.5 Å². The van der Waals surface area contributed by atoms with Crippen LogP contribution in [0.2, 0.25) is 0 Å². The quantitative estimate of drug-likeness (QED) is 0.182. The van der Waals surface area contributed by atoms with Crippen LogP contribution >= 0.6 is 0 Å². The molecule has 4 amide bonds. The van der Waals surface area contributed by atoms with Crippen molar-refractivity contribution >= 4 is 57.5 Å². The van der Waals surface area contributed by atoms with E-state index in [2.05, 4.69) is 62.8 Å². The minimum Gasteiger partial charge on any atom is -0.371 e. The number of anilines is 4. The van der Waals surface area contributed by atoms with Crippen molar-refractivity contribution in [1.82, 2.24) is 40.5 Å². The summed E-state index contributed by atoms with van der Waals surface area (Å²) in [6.07, 6.45) is 11.1. The Labute approximate surface area is 323 Å². The number of likely N-dealkylation sites (tertiary alicyclic amines) is 1. The van der Waals surface area contributed by atoms with Crippen molar-refractivity contribution < 1.29 is 23.6 Å². The highest BCUT2D eigenvalue weighted by molar-refractivity contribution is 6.06. The van der Waals surface area contributed by atoms with Crippen molar-refractivity contribution in [3.63, 3.8) is 0 Å². The molecule has 4 aromatic rings. The lowest BCUT2D eigenvalue weighted by Gasteiger charge is -2.38. The first-order chi connectivity index (χ1) is 27.2. The predicted molar refractivity (Wildman–Crippen MR) is 208 cm³/mol. The molecule has 294 valence electrons. The minimum atomic E-state index is -0.861. The number of piperidine rings is 4. The van der Waals surface area contributed by atoms with Crippen molar-refractivity contribution in [2.24, 2.45) is 5.92 Å². The van der Waals surface area contributed by atoms with Gasteiger partial charge in [0.1, 0.15) is 11.9 Å². The maximum absolute atomic E-state index is 15.1. The maximum atomic E-state index is 15.1. The van der Waals surface area contributed by atoms with Gasteiger partial charge in [-0.25, -0.2) is 9.37 Å². The van der Waals surface area contributed by atoms with Crippen molar-refractivity contribution in [3.05, 3.63) is 59.8 Å². The number of aromatic nitrogens is 5. The first kappa shape index (κ1) is 37.2. The standard InChI is InChI=1S/C39H47FN12O4/c40-29-19-27(4-5-28(29)36(54)43-30-6-7-35(53)45-37(30)55)50-16-8-24(9-17-50)22-49-14-10-26(11-15-49)52-23-25-18-32(44-38(56)33-21-42-39(41)47-46-33)34(20-31(25)48-52)51-12-2-1-3-13-51/h4-5,18-21,23-24,26,30H,1-3,6-17,22H2,(H,43,54)(H,44,56)(H2,41,42,47)(H,45,53,55)/t30-/m0/s1. The average molecular weight is 767 g/mol. The second kappa shape index (κ2) is 16.2. The molecule has 0 aliphatic carbocycles. The van der Waals surface area contributed by atoms with Crippen LogP contribution in [0.15, 0.2) is 42.7 Å². The maximum Gasteiger partial charge on any atom is 0.277 e. The van der Waals surface area contributed by atoms with E-state index in [0.29, 0.717) is 11.6 Å². The van der Waals surface area contributed by atoms with Gasteiger partial charge in [-0.3, -0.25) is 29.2 Å². The zero-order valence-corrected chi connectivity index (χ0v) is 31.3. The minimum absolute atomic E-state index is 0.0102. The average Bonchev–Trinajstić information content (AvgIpc) is 3.63. The van der Waals surface area contributed by atoms with Gasteiger partial charge in [0.25, 0.3) is 11.8 Å². The van der Waals surface area contributed by atoms with E-state index in [0.717, 1.165) is 107 Å². The van der Waals surface area contributed by atoms with Gasteiger partial charge in [0.15, 0.2) is 5.69 Å². The van der Waals surface area contributed by atoms with E-state index in [9.17, 15) is 19.2 Å². The summed E-state index contributed by atoms with van der Waals surface area (Å²) in [7, 11) is 0. The van der Waals surface area contributed by atoms with E-state index in [1.807, 2.05) is 6.07 Å². The van der Waals surface area contributed by atoms with E-state index in [1.165, 1.54) is 24.8 Å². The van der Waals surface area contributed by atoms with Gasteiger partial charge < -0.3 is 31.1 Å². The fourth-order valence-corrected chi connectivity index (χ4v) is 8.40. The molecule has 4 fully saturated rings. The van der Waals surface area contributed by atoms with Crippen molar-refractivity contribution in [2.75, 3.05) is 66.7 Å². The molecule has 16 nitrogen and oxygen atoms in total. The third kappa shape index (κ3) is 8.27. The molecule has 4 aliphatic rings. The Balaban J connectivity index is 0.844. The number of hydrogen-bond acceptors (Lipinski definition) is 12. The number of nitrogens with two attached hydrogens (primary N) is 1. The summed E-state index contributed by atoms with van der Waals surface area (Å²) in [6, 6.07) is 8.12. The van der Waals surface area contributed by atoms with Crippen molar-refractivity contribution in [2.45, 2.75) is 69.9 Å². The van der Waals surface area contributed by atoms with Crippen LogP contribution in [0.25, 0.3) is 10.9 Å². The van der Waals surface area contributed by atoms with E-state index >= 15 is 4.39 Å². The van der Waals surface area contributed by atoms with Gasteiger partial charge >= 0.3 is 0 Å². The second-order valence-electron chi connectivity index (χ2n) is 15.3. The highest BCUT2D eigenvalue weighted by Crippen LogP contribution is 2.35. The number of hydrogen-bond donors (Lipinski definition) is 4. The lowest BCUT2D eigenvalue weighted by Crippen LogP contribution is -2.52. The highest BCUT2D eigenvalue weighted by atomic mass is 19.1. The molecule has 0 saturated carbocycles. The highest BCUT2D eigenvalue weighted by Gasteiger charge is 2.30. The van der Waals surface area contributed by atoms with Crippen LogP contribution in [0.3, 0.4) is 0 Å². The smallest absolute Gasteiger partial charge is 0.277 e. The first-order valence-electron chi connectivity index (χ1n) is 19.6. The van der Waals surface area contributed by atoms with Gasteiger partial charge in [-0.2, -0.15) is 5.10 Å². The number of nitrogen functional groups attached to an aromatic ring is 1. The lowest BCUT2D eigenvalue weighted by atomic mass is 9.94. The molecule has 0 bridgehead atoms. The number of benzene rings is 2. The zero-order chi connectivity index (χ0) is 38.8. The third-order valence-corrected chi connectivity index (χ3v) is 11.6. The lowest BCUT2D eigenvalue weighted by molar-refractivity contribution is -0.134. The van der Waals surface area contributed by atoms with Gasteiger partial charge in [0.2, 0.25) is 17.8 Å². The van der Waals surface area contributed by atoms with Crippen molar-refractivity contribution in [1.29, 1.82) is 0 Å². The first-order valence-corrected chi connectivity index (χ1v) is 19.6. The van der Waals surface area contributed by atoms with E-state index < -0.39 is 29.6 Å². The number of nitrogens with zero attached hydrogens (tertiary/aromatic N) is 8. The normalized spacial score (nSPS) is 20.3. The molecule has 1 atom stereocenters. The van der Waals surface area contributed by atoms with E-state index in [4.69, 9.17) is 10.8 Å². The summed E-state index contributed by atoms with van der Waals surface area (Å²) in [5.74, 6) is -2.11. The molecule has 4 saturated heterocycles. The SMILES string of the molecule is Nc1ncc(C(=O)Nc2cc3cn(C4CCN(CC5CCN(c6ccc(C(=O)N[C@H]7CCC(=O)NC7=O)c(F)c6)CC5)CC4)nc3cc2N2CCCCC2)nn1. The monoisotopic (exact) mass is 766 g/mol. The Kier molecular flexibility index (Phi) is 10.8. The van der Waals surface area contributed by atoms with Crippen LogP contribution in [-0.2, 0) is 9.59 Å². The van der Waals surface area contributed by atoms with E-state index in [1.54, 1.807) is 6.07 Å². The molecule has 5 N–H and O–H groups in total. The topological polar surface area (TPSA) is 197 Å². The third-order valence-electron chi connectivity index (χ3n) is 11.6. The fraction of sp³-hybridized carbons (Fsp3) is 0.487. The molecule has 56 heavy (non-hydrogen) atoms. The van der Waals surface area contributed by atoms with Crippen LogP contribution in [0.5, 0.6) is 0 Å². The van der Waals surface area contributed by atoms with Gasteiger partial charge in [-0.05, 0) is 87.6 Å². The number of amides is 4.